The summed E-state index contributed by atoms with van der Waals surface area (Å²) in [5.74, 6) is -0.998. The summed E-state index contributed by atoms with van der Waals surface area (Å²) in [5, 5.41) is 59.6. The molecule has 6 aliphatic rings. The number of carbonyl (C=O) groups excluding carboxylic acids is 6. The van der Waals surface area contributed by atoms with Crippen LogP contribution < -0.4 is 0 Å². The molecule has 0 radical (unpaired) electrons. The zero-order valence-electron chi connectivity index (χ0n) is 62.0. The molecule has 0 spiro atoms. The lowest BCUT2D eigenvalue weighted by Crippen LogP contribution is -2.33. The number of hydrogen-bond donors (Lipinski definition) is 6. The molecule has 10 atom stereocenters. The number of carbonyl (C=O) groups is 6. The summed E-state index contributed by atoms with van der Waals surface area (Å²) >= 11 is 0. The van der Waals surface area contributed by atoms with Crippen LogP contribution in [0.5, 0.6) is 34.5 Å². The van der Waals surface area contributed by atoms with Gasteiger partial charge >= 0.3 is 35.8 Å². The van der Waals surface area contributed by atoms with Crippen LogP contribution in [-0.4, -0.2) is 103 Å². The SMILES string of the molecule is CCC(C)C1Cc2c(C)cc(C)c(O)c2C(=O)O1.CCC1Cc2c(C)cc(C)c(O)c2C(=O)O1.CCC1Cc2cc(C)c(C)c(O)c2C(=O)O1.CCC1OC(=O)c2c(ccc(C)c2O)C1C.CCCC(C)C1Cc2c(C)cc(C)c(O)c2C(=O)O1.Cc1ccc2c(c1O)C(=O)OC(C)C2C. The highest BCUT2D eigenvalue weighted by Crippen LogP contribution is 2.42. The predicted molar refractivity (Wildman–Crippen MR) is 383 cm³/mol. The average Bonchev–Trinajstić information content (AvgIpc) is 0.833. The first-order valence-corrected chi connectivity index (χ1v) is 35.3. The third-order valence-corrected chi connectivity index (χ3v) is 20.9. The molecular weight excluding hydrogens is 1270 g/mol. The Bertz CT molecular complexity index is 4100. The minimum atomic E-state index is -0.420. The number of cyclic esters (lactones) is 6. The highest BCUT2D eigenvalue weighted by atomic mass is 16.6. The summed E-state index contributed by atoms with van der Waals surface area (Å²) in [6, 6.07) is 15.2. The summed E-state index contributed by atoms with van der Waals surface area (Å²) in [5.41, 5.74) is 16.2. The summed E-state index contributed by atoms with van der Waals surface area (Å²) < 4.78 is 31.9. The van der Waals surface area contributed by atoms with Gasteiger partial charge in [-0.1, -0.05) is 124 Å². The number of hydrogen-bond acceptors (Lipinski definition) is 18. The van der Waals surface area contributed by atoms with Gasteiger partial charge < -0.3 is 59.1 Å². The molecule has 6 aliphatic heterocycles. The molecule has 6 aromatic rings. The normalized spacial score (nSPS) is 21.0. The number of rotatable bonds is 8. The Morgan fingerprint density at radius 3 is 1.19 bits per heavy atom. The fraction of sp³-hybridized carbons (Fsp3) is 0.488. The van der Waals surface area contributed by atoms with Crippen molar-refractivity contribution in [1.29, 1.82) is 0 Å². The van der Waals surface area contributed by atoms with Crippen LogP contribution in [0, 0.1) is 81.1 Å². The maximum atomic E-state index is 12.1. The van der Waals surface area contributed by atoms with Crippen LogP contribution in [0.15, 0.2) is 48.5 Å². The van der Waals surface area contributed by atoms with Crippen LogP contribution in [0.25, 0.3) is 0 Å². The lowest BCUT2D eigenvalue weighted by molar-refractivity contribution is 0.00892. The molecule has 540 valence electrons. The van der Waals surface area contributed by atoms with E-state index in [0.29, 0.717) is 82.0 Å². The third kappa shape index (κ3) is 16.5. The molecule has 0 fully saturated rings. The molecule has 0 saturated heterocycles. The van der Waals surface area contributed by atoms with Gasteiger partial charge in [-0.05, 0) is 203 Å². The number of phenolic OH excluding ortho intramolecular Hbond substituents is 6. The van der Waals surface area contributed by atoms with E-state index in [2.05, 4.69) is 27.7 Å². The Kier molecular flexibility index (Phi) is 25.8. The van der Waals surface area contributed by atoms with Crippen molar-refractivity contribution < 1.29 is 87.8 Å². The Balaban J connectivity index is 0.000000169. The molecule has 0 saturated carbocycles. The number of fused-ring (bicyclic) bond motifs is 6. The Morgan fingerprint density at radius 2 is 0.760 bits per heavy atom. The van der Waals surface area contributed by atoms with E-state index in [1.54, 1.807) is 27.7 Å². The monoisotopic (exact) mass is 1380 g/mol. The lowest BCUT2D eigenvalue weighted by Gasteiger charge is -2.30. The van der Waals surface area contributed by atoms with Gasteiger partial charge in [0.25, 0.3) is 0 Å². The molecular formula is C82H104O18. The summed E-state index contributed by atoms with van der Waals surface area (Å²) in [7, 11) is 0. The smallest absolute Gasteiger partial charge is 0.342 e. The Hall–Kier alpha value is -9.06. The standard InChI is InChI=1S/C16H22O3.C15H20O3.3C13H16O3.C12H14O3/c1-5-6-9(2)13-8-12-10(3)7-11(4)15(17)14(12)16(18)19-13;1-5-8(2)12-7-11-9(3)6-10(4)14(16)13(11)15(17)18-12;1-4-10-6-9-5-7(2)8(3)12(14)11(9)13(15)16-10;1-4-9-6-10-7(2)5-8(3)12(14)11(10)13(15)16-9;1-4-10-8(3)9-6-5-7(2)12(14)11(9)13(15)16-10;1-6-4-5-9-7(2)8(3)15-12(14)10(9)11(6)13/h7,9,13,17H,5-6,8H2,1-4H3;6,8,12,16H,5,7H2,1-4H3;5,10,14H,4,6H2,1-3H3;5,9,14H,4,6H2,1-3H3;5-6,8,10,14H,4H2,1-3H3;4-5,7-8,13H,1-3H3. The van der Waals surface area contributed by atoms with Crippen molar-refractivity contribution in [2.24, 2.45) is 11.8 Å². The van der Waals surface area contributed by atoms with Crippen molar-refractivity contribution >= 4 is 35.8 Å². The minimum absolute atomic E-state index is 0.0521. The molecule has 6 aromatic carbocycles. The van der Waals surface area contributed by atoms with Crippen molar-refractivity contribution in [3.8, 4) is 34.5 Å². The van der Waals surface area contributed by atoms with E-state index >= 15 is 0 Å². The Morgan fingerprint density at radius 1 is 0.380 bits per heavy atom. The van der Waals surface area contributed by atoms with Crippen molar-refractivity contribution in [2.75, 3.05) is 0 Å². The van der Waals surface area contributed by atoms with Crippen LogP contribution in [0.2, 0.25) is 0 Å². The quantitative estimate of drug-likeness (QED) is 0.0610. The number of benzene rings is 6. The summed E-state index contributed by atoms with van der Waals surface area (Å²) in [4.78, 5) is 71.2. The van der Waals surface area contributed by atoms with E-state index in [9.17, 15) is 59.4 Å². The van der Waals surface area contributed by atoms with E-state index in [0.717, 1.165) is 116 Å². The number of aromatic hydroxyl groups is 6. The fourth-order valence-corrected chi connectivity index (χ4v) is 13.8. The molecule has 10 unspecified atom stereocenters. The zero-order valence-corrected chi connectivity index (χ0v) is 62.0. The first-order valence-electron chi connectivity index (χ1n) is 35.3. The number of phenols is 6. The molecule has 0 amide bonds. The second-order valence-electron chi connectivity index (χ2n) is 28.0. The highest BCUT2D eigenvalue weighted by Gasteiger charge is 2.39. The maximum Gasteiger partial charge on any atom is 0.342 e. The highest BCUT2D eigenvalue weighted by molar-refractivity contribution is 5.99. The van der Waals surface area contributed by atoms with Crippen LogP contribution in [0.4, 0.5) is 0 Å². The second kappa shape index (κ2) is 33.0. The number of aryl methyl sites for hydroxylation is 9. The van der Waals surface area contributed by atoms with E-state index in [-0.39, 0.29) is 94.9 Å². The summed E-state index contributed by atoms with van der Waals surface area (Å²) in [6.07, 6.45) is 7.86. The average molecular weight is 1380 g/mol. The van der Waals surface area contributed by atoms with Crippen LogP contribution in [0.3, 0.4) is 0 Å². The van der Waals surface area contributed by atoms with E-state index in [1.807, 2.05) is 132 Å². The molecule has 100 heavy (non-hydrogen) atoms. The molecule has 18 heteroatoms. The van der Waals surface area contributed by atoms with E-state index < -0.39 is 23.9 Å². The van der Waals surface area contributed by atoms with Gasteiger partial charge in [-0.15, -0.1) is 0 Å². The van der Waals surface area contributed by atoms with Gasteiger partial charge in [-0.25, -0.2) is 28.8 Å². The maximum absolute atomic E-state index is 12.1. The van der Waals surface area contributed by atoms with Crippen LogP contribution in [0.1, 0.15) is 271 Å². The van der Waals surface area contributed by atoms with Gasteiger partial charge in [0.1, 0.15) is 105 Å². The van der Waals surface area contributed by atoms with Crippen LogP contribution in [-0.2, 0) is 54.1 Å². The van der Waals surface area contributed by atoms with Gasteiger partial charge in [0.15, 0.2) is 0 Å². The molecule has 12 rings (SSSR count). The zero-order chi connectivity index (χ0) is 74.4. The topological polar surface area (TPSA) is 279 Å². The molecule has 6 N–H and O–H groups in total. The van der Waals surface area contributed by atoms with Gasteiger partial charge in [-0.3, -0.25) is 0 Å². The Labute approximate surface area is 589 Å². The van der Waals surface area contributed by atoms with Crippen LogP contribution >= 0.6 is 0 Å². The molecule has 0 aromatic heterocycles. The minimum Gasteiger partial charge on any atom is -0.507 e. The largest absolute Gasteiger partial charge is 0.507 e. The predicted octanol–water partition coefficient (Wildman–Crippen LogP) is 16.8. The molecule has 0 aliphatic carbocycles. The van der Waals surface area contributed by atoms with Crippen molar-refractivity contribution in [2.45, 2.75) is 251 Å². The fourth-order valence-electron chi connectivity index (χ4n) is 13.8. The van der Waals surface area contributed by atoms with E-state index in [4.69, 9.17) is 28.4 Å². The first kappa shape index (κ1) is 78.3. The van der Waals surface area contributed by atoms with Crippen molar-refractivity contribution in [3.63, 3.8) is 0 Å². The van der Waals surface area contributed by atoms with E-state index in [1.165, 1.54) is 0 Å². The number of esters is 6. The second-order valence-corrected chi connectivity index (χ2v) is 28.0. The third-order valence-electron chi connectivity index (χ3n) is 20.9. The van der Waals surface area contributed by atoms with Crippen molar-refractivity contribution in [3.05, 3.63) is 171 Å². The van der Waals surface area contributed by atoms with Gasteiger partial charge in [0.05, 0.1) is 0 Å². The number of ether oxygens (including phenoxy) is 6. The molecule has 6 heterocycles. The van der Waals surface area contributed by atoms with Gasteiger partial charge in [-0.2, -0.15) is 0 Å². The van der Waals surface area contributed by atoms with Gasteiger partial charge in [0, 0.05) is 37.5 Å². The summed E-state index contributed by atoms with van der Waals surface area (Å²) in [6.45, 7) is 38.9. The molecule has 18 nitrogen and oxygen atoms in total. The van der Waals surface area contributed by atoms with Crippen molar-refractivity contribution in [1.82, 2.24) is 0 Å². The first-order chi connectivity index (χ1) is 47.1. The lowest BCUT2D eigenvalue weighted by atomic mass is 9.86. The molecule has 0 bridgehead atoms. The van der Waals surface area contributed by atoms with Gasteiger partial charge in [0.2, 0.25) is 0 Å².